The quantitative estimate of drug-likeness (QED) is 0.916. The summed E-state index contributed by atoms with van der Waals surface area (Å²) in [6, 6.07) is 7.61. The molecule has 2 heterocycles. The van der Waals surface area contributed by atoms with Gasteiger partial charge in [-0.1, -0.05) is 18.2 Å². The van der Waals surface area contributed by atoms with Gasteiger partial charge in [0.2, 0.25) is 0 Å². The van der Waals surface area contributed by atoms with Gasteiger partial charge in [-0.05, 0) is 26.3 Å². The van der Waals surface area contributed by atoms with Crippen LogP contribution in [0.3, 0.4) is 0 Å². The van der Waals surface area contributed by atoms with Gasteiger partial charge in [0, 0.05) is 36.6 Å². The van der Waals surface area contributed by atoms with E-state index >= 15 is 0 Å². The van der Waals surface area contributed by atoms with E-state index in [2.05, 4.69) is 5.32 Å². The fourth-order valence-electron chi connectivity index (χ4n) is 3.11. The van der Waals surface area contributed by atoms with Gasteiger partial charge >= 0.3 is 6.03 Å². The maximum atomic E-state index is 12.3. The van der Waals surface area contributed by atoms with Crippen molar-refractivity contribution in [3.8, 4) is 0 Å². The Morgan fingerprint density at radius 1 is 1.50 bits per heavy atom. The zero-order valence-electron chi connectivity index (χ0n) is 13.0. The van der Waals surface area contributed by atoms with Crippen LogP contribution in [0.15, 0.2) is 28.7 Å². The van der Waals surface area contributed by atoms with Gasteiger partial charge in [-0.2, -0.15) is 0 Å². The van der Waals surface area contributed by atoms with Crippen LogP contribution in [0.4, 0.5) is 4.79 Å². The number of nitrogens with zero attached hydrogens (tertiary/aromatic N) is 1. The smallest absolute Gasteiger partial charge is 0.317 e. The van der Waals surface area contributed by atoms with Crippen LogP contribution in [0.1, 0.15) is 30.7 Å². The lowest BCUT2D eigenvalue weighted by Gasteiger charge is -2.20. The number of fused-ring (bicyclic) bond motifs is 1. The van der Waals surface area contributed by atoms with Crippen LogP contribution in [0, 0.1) is 12.8 Å². The molecule has 2 aromatic rings. The SMILES string of the molecule is Cc1c(C(C)NC(=O)N2CCC(CO)C2)oc2ccccc12. The van der Waals surface area contributed by atoms with Crippen LogP contribution >= 0.6 is 0 Å². The summed E-state index contributed by atoms with van der Waals surface area (Å²) in [4.78, 5) is 14.1. The van der Waals surface area contributed by atoms with Crippen molar-refractivity contribution in [2.45, 2.75) is 26.3 Å². The number of likely N-dealkylation sites (tertiary alicyclic amines) is 1. The average molecular weight is 302 g/mol. The Morgan fingerprint density at radius 3 is 2.95 bits per heavy atom. The number of furan rings is 1. The number of aliphatic hydroxyl groups is 1. The first kappa shape index (κ1) is 14.9. The van der Waals surface area contributed by atoms with Crippen molar-refractivity contribution < 1.29 is 14.3 Å². The van der Waals surface area contributed by atoms with Crippen molar-refractivity contribution in [1.82, 2.24) is 10.2 Å². The van der Waals surface area contributed by atoms with Gasteiger partial charge < -0.3 is 19.7 Å². The maximum absolute atomic E-state index is 12.3. The number of hydrogen-bond donors (Lipinski definition) is 2. The first-order valence-electron chi connectivity index (χ1n) is 7.74. The third kappa shape index (κ3) is 2.68. The Balaban J connectivity index is 1.72. The molecule has 2 amide bonds. The van der Waals surface area contributed by atoms with E-state index in [1.165, 1.54) is 0 Å². The molecule has 1 aromatic heterocycles. The molecule has 0 saturated carbocycles. The van der Waals surface area contributed by atoms with Crippen molar-refractivity contribution in [3.05, 3.63) is 35.6 Å². The summed E-state index contributed by atoms with van der Waals surface area (Å²) in [6.07, 6.45) is 0.863. The molecule has 118 valence electrons. The second-order valence-corrected chi connectivity index (χ2v) is 6.04. The fourth-order valence-corrected chi connectivity index (χ4v) is 3.11. The zero-order valence-corrected chi connectivity index (χ0v) is 13.0. The summed E-state index contributed by atoms with van der Waals surface area (Å²) in [5, 5.41) is 13.2. The second-order valence-electron chi connectivity index (χ2n) is 6.04. The Labute approximate surface area is 129 Å². The van der Waals surface area contributed by atoms with E-state index in [9.17, 15) is 4.79 Å². The van der Waals surface area contributed by atoms with E-state index in [-0.39, 0.29) is 24.6 Å². The molecule has 0 aliphatic carbocycles. The first-order valence-corrected chi connectivity index (χ1v) is 7.74. The van der Waals surface area contributed by atoms with Crippen molar-refractivity contribution in [2.24, 2.45) is 5.92 Å². The molecule has 1 fully saturated rings. The lowest BCUT2D eigenvalue weighted by Crippen LogP contribution is -2.39. The summed E-state index contributed by atoms with van der Waals surface area (Å²) in [5.41, 5.74) is 1.91. The Bertz CT molecular complexity index is 680. The summed E-state index contributed by atoms with van der Waals surface area (Å²) in [6.45, 7) is 5.41. The van der Waals surface area contributed by atoms with Crippen molar-refractivity contribution in [3.63, 3.8) is 0 Å². The molecule has 1 aliphatic heterocycles. The lowest BCUT2D eigenvalue weighted by molar-refractivity contribution is 0.194. The molecule has 2 atom stereocenters. The fraction of sp³-hybridized carbons (Fsp3) is 0.471. The molecular formula is C17H22N2O3. The molecule has 0 bridgehead atoms. The number of para-hydroxylation sites is 1. The monoisotopic (exact) mass is 302 g/mol. The average Bonchev–Trinajstić information content (AvgIpc) is 3.12. The van der Waals surface area contributed by atoms with Crippen LogP contribution in [-0.2, 0) is 0 Å². The minimum absolute atomic E-state index is 0.0942. The molecule has 1 saturated heterocycles. The van der Waals surface area contributed by atoms with Gasteiger partial charge in [-0.25, -0.2) is 4.79 Å². The number of amides is 2. The molecule has 2 unspecified atom stereocenters. The molecule has 22 heavy (non-hydrogen) atoms. The Morgan fingerprint density at radius 2 is 2.27 bits per heavy atom. The standard InChI is InChI=1S/C17H22N2O3/c1-11-14-5-3-4-6-15(14)22-16(11)12(2)18-17(21)19-8-7-13(9-19)10-20/h3-6,12-13,20H,7-10H2,1-2H3,(H,18,21). The van der Waals surface area contributed by atoms with Gasteiger partial charge in [0.05, 0.1) is 6.04 Å². The van der Waals surface area contributed by atoms with Crippen LogP contribution in [0.25, 0.3) is 11.0 Å². The molecule has 1 aromatic carbocycles. The highest BCUT2D eigenvalue weighted by Gasteiger charge is 2.27. The van der Waals surface area contributed by atoms with Gasteiger partial charge in [0.1, 0.15) is 11.3 Å². The summed E-state index contributed by atoms with van der Waals surface area (Å²) < 4.78 is 5.89. The van der Waals surface area contributed by atoms with E-state index in [0.717, 1.165) is 28.7 Å². The van der Waals surface area contributed by atoms with E-state index < -0.39 is 0 Å². The number of rotatable bonds is 3. The lowest BCUT2D eigenvalue weighted by atomic mass is 10.1. The number of benzene rings is 1. The third-order valence-electron chi connectivity index (χ3n) is 4.45. The van der Waals surface area contributed by atoms with Crippen molar-refractivity contribution >= 4 is 17.0 Å². The molecule has 0 spiro atoms. The molecule has 3 rings (SSSR count). The number of hydrogen-bond acceptors (Lipinski definition) is 3. The largest absolute Gasteiger partial charge is 0.459 e. The topological polar surface area (TPSA) is 65.7 Å². The minimum atomic E-state index is -0.187. The van der Waals surface area contributed by atoms with Gasteiger partial charge in [-0.15, -0.1) is 0 Å². The van der Waals surface area contributed by atoms with E-state index in [4.69, 9.17) is 9.52 Å². The Hall–Kier alpha value is -2.01. The summed E-state index contributed by atoms with van der Waals surface area (Å²) in [7, 11) is 0. The molecular weight excluding hydrogens is 280 g/mol. The highest BCUT2D eigenvalue weighted by atomic mass is 16.3. The molecule has 5 heteroatoms. The third-order valence-corrected chi connectivity index (χ3v) is 4.45. The van der Waals surface area contributed by atoms with Gasteiger partial charge in [0.25, 0.3) is 0 Å². The van der Waals surface area contributed by atoms with Crippen LogP contribution in [0.5, 0.6) is 0 Å². The normalized spacial score (nSPS) is 19.6. The molecule has 0 radical (unpaired) electrons. The van der Waals surface area contributed by atoms with E-state index in [1.54, 1.807) is 4.90 Å². The van der Waals surface area contributed by atoms with E-state index in [1.807, 2.05) is 38.1 Å². The predicted octanol–water partition coefficient (Wildman–Crippen LogP) is 2.83. The number of aliphatic hydroxyl groups excluding tert-OH is 1. The van der Waals surface area contributed by atoms with Crippen LogP contribution in [0.2, 0.25) is 0 Å². The number of aryl methyl sites for hydroxylation is 1. The predicted molar refractivity (Wildman–Crippen MR) is 84.7 cm³/mol. The molecule has 1 aliphatic rings. The highest BCUT2D eigenvalue weighted by molar-refractivity contribution is 5.82. The van der Waals surface area contributed by atoms with Gasteiger partial charge in [-0.3, -0.25) is 0 Å². The first-order chi connectivity index (χ1) is 10.6. The number of urea groups is 1. The molecule has 2 N–H and O–H groups in total. The zero-order chi connectivity index (χ0) is 15.7. The highest BCUT2D eigenvalue weighted by Crippen LogP contribution is 2.29. The van der Waals surface area contributed by atoms with Crippen LogP contribution < -0.4 is 5.32 Å². The van der Waals surface area contributed by atoms with Gasteiger partial charge in [0.15, 0.2) is 0 Å². The second kappa shape index (κ2) is 6.01. The maximum Gasteiger partial charge on any atom is 0.317 e. The van der Waals surface area contributed by atoms with Crippen molar-refractivity contribution in [1.29, 1.82) is 0 Å². The summed E-state index contributed by atoms with van der Waals surface area (Å²) in [5.74, 6) is 1.00. The van der Waals surface area contributed by atoms with E-state index in [0.29, 0.717) is 13.1 Å². The summed E-state index contributed by atoms with van der Waals surface area (Å²) >= 11 is 0. The molecule has 5 nitrogen and oxygen atoms in total. The number of carbonyl (C=O) groups is 1. The van der Waals surface area contributed by atoms with Crippen LogP contribution in [-0.4, -0.2) is 35.7 Å². The Kier molecular flexibility index (Phi) is 4.07. The minimum Gasteiger partial charge on any atom is -0.459 e. The number of nitrogens with one attached hydrogen (secondary N) is 1. The van der Waals surface area contributed by atoms with Crippen molar-refractivity contribution in [2.75, 3.05) is 19.7 Å². The number of carbonyl (C=O) groups excluding carboxylic acids is 1.